The fourth-order valence-electron chi connectivity index (χ4n) is 3.26. The number of ether oxygens (including phenoxy) is 2. The highest BCUT2D eigenvalue weighted by atomic mass is 35.5. The SMILES string of the molecule is COc1ccc(N2C(=O)C(=Cc3ccc(Cl)cc3Cl)N=C2c2ccccc2)c(OC)c1. The number of amides is 1. The van der Waals surface area contributed by atoms with Gasteiger partial charge in [-0.05, 0) is 35.9 Å². The molecular formula is C24H18Cl2N2O3. The minimum atomic E-state index is -0.298. The molecule has 7 heteroatoms. The van der Waals surface area contributed by atoms with Gasteiger partial charge in [0.1, 0.15) is 23.0 Å². The van der Waals surface area contributed by atoms with Gasteiger partial charge in [0.2, 0.25) is 0 Å². The van der Waals surface area contributed by atoms with Crippen LogP contribution in [0.1, 0.15) is 11.1 Å². The van der Waals surface area contributed by atoms with Crippen LogP contribution in [0.15, 0.2) is 77.4 Å². The third-order valence-electron chi connectivity index (χ3n) is 4.77. The van der Waals surface area contributed by atoms with Crippen LogP contribution in [0.3, 0.4) is 0 Å². The molecule has 4 rings (SSSR count). The molecule has 31 heavy (non-hydrogen) atoms. The summed E-state index contributed by atoms with van der Waals surface area (Å²) in [7, 11) is 3.12. The first-order valence-corrected chi connectivity index (χ1v) is 10.1. The standard InChI is InChI=1S/C24H18Cl2N2O3/c1-30-18-10-11-21(22(14-18)31-2)28-23(15-6-4-3-5-7-15)27-20(24(28)29)12-16-8-9-17(25)13-19(16)26/h3-14H,1-2H3. The fraction of sp³-hybridized carbons (Fsp3) is 0.0833. The van der Waals surface area contributed by atoms with Crippen molar-refractivity contribution in [3.05, 3.63) is 93.6 Å². The average molecular weight is 453 g/mol. The molecule has 3 aromatic rings. The lowest BCUT2D eigenvalue weighted by Crippen LogP contribution is -2.33. The van der Waals surface area contributed by atoms with E-state index >= 15 is 0 Å². The van der Waals surface area contributed by atoms with Crippen LogP contribution >= 0.6 is 23.2 Å². The average Bonchev–Trinajstić information content (AvgIpc) is 3.11. The monoisotopic (exact) mass is 452 g/mol. The molecule has 0 aromatic heterocycles. The number of amidine groups is 1. The maximum absolute atomic E-state index is 13.5. The van der Waals surface area contributed by atoms with Crippen molar-refractivity contribution in [1.29, 1.82) is 0 Å². The van der Waals surface area contributed by atoms with Crippen molar-refractivity contribution >= 4 is 46.7 Å². The number of anilines is 1. The number of halogens is 2. The van der Waals surface area contributed by atoms with Crippen LogP contribution in [0.5, 0.6) is 11.5 Å². The number of hydrogen-bond acceptors (Lipinski definition) is 4. The Morgan fingerprint density at radius 3 is 2.39 bits per heavy atom. The van der Waals surface area contributed by atoms with E-state index in [0.29, 0.717) is 38.6 Å². The summed E-state index contributed by atoms with van der Waals surface area (Å²) in [6, 6.07) is 19.8. The zero-order chi connectivity index (χ0) is 22.0. The molecule has 0 radical (unpaired) electrons. The summed E-state index contributed by atoms with van der Waals surface area (Å²) < 4.78 is 10.8. The van der Waals surface area contributed by atoms with E-state index in [1.165, 1.54) is 4.90 Å². The van der Waals surface area contributed by atoms with E-state index in [4.69, 9.17) is 32.7 Å². The molecule has 0 unspecified atom stereocenters. The largest absolute Gasteiger partial charge is 0.497 e. The second-order valence-corrected chi connectivity index (χ2v) is 7.52. The second kappa shape index (κ2) is 8.84. The van der Waals surface area contributed by atoms with Gasteiger partial charge in [-0.1, -0.05) is 59.6 Å². The molecule has 0 aliphatic carbocycles. The van der Waals surface area contributed by atoms with Crippen molar-refractivity contribution in [2.75, 3.05) is 19.1 Å². The van der Waals surface area contributed by atoms with E-state index in [1.54, 1.807) is 56.7 Å². The minimum absolute atomic E-state index is 0.251. The third-order valence-corrected chi connectivity index (χ3v) is 5.34. The molecule has 1 aliphatic rings. The summed E-state index contributed by atoms with van der Waals surface area (Å²) >= 11 is 12.3. The number of benzene rings is 3. The molecule has 1 heterocycles. The van der Waals surface area contributed by atoms with Crippen molar-refractivity contribution in [1.82, 2.24) is 0 Å². The highest BCUT2D eigenvalue weighted by Crippen LogP contribution is 2.37. The zero-order valence-electron chi connectivity index (χ0n) is 16.8. The molecule has 5 nitrogen and oxygen atoms in total. The first kappa shape index (κ1) is 21.0. The van der Waals surface area contributed by atoms with Gasteiger partial charge in [0.25, 0.3) is 5.91 Å². The molecule has 0 spiro atoms. The predicted octanol–water partition coefficient (Wildman–Crippen LogP) is 5.85. The maximum atomic E-state index is 13.5. The maximum Gasteiger partial charge on any atom is 0.282 e. The Labute approximate surface area is 190 Å². The number of aliphatic imine (C=N–C) groups is 1. The summed E-state index contributed by atoms with van der Waals surface area (Å²) in [6.07, 6.45) is 1.65. The van der Waals surface area contributed by atoms with E-state index in [0.717, 1.165) is 5.56 Å². The fourth-order valence-corrected chi connectivity index (χ4v) is 3.72. The lowest BCUT2D eigenvalue weighted by atomic mass is 10.1. The Bertz CT molecular complexity index is 1210. The molecule has 0 atom stereocenters. The number of carbonyl (C=O) groups is 1. The van der Waals surface area contributed by atoms with Gasteiger partial charge >= 0.3 is 0 Å². The van der Waals surface area contributed by atoms with Gasteiger partial charge in [-0.2, -0.15) is 0 Å². The van der Waals surface area contributed by atoms with Crippen LogP contribution in [-0.4, -0.2) is 26.0 Å². The Morgan fingerprint density at radius 1 is 0.935 bits per heavy atom. The van der Waals surface area contributed by atoms with Crippen LogP contribution in [-0.2, 0) is 4.79 Å². The number of methoxy groups -OCH3 is 2. The number of hydrogen-bond donors (Lipinski definition) is 0. The molecule has 3 aromatic carbocycles. The van der Waals surface area contributed by atoms with E-state index in [2.05, 4.69) is 4.99 Å². The highest BCUT2D eigenvalue weighted by molar-refractivity contribution is 6.36. The van der Waals surface area contributed by atoms with Crippen LogP contribution < -0.4 is 14.4 Å². The molecule has 0 bridgehead atoms. The first-order chi connectivity index (χ1) is 15.0. The molecule has 0 saturated carbocycles. The van der Waals surface area contributed by atoms with Crippen LogP contribution in [0.2, 0.25) is 10.0 Å². The van der Waals surface area contributed by atoms with E-state index in [-0.39, 0.29) is 11.6 Å². The molecule has 0 N–H and O–H groups in total. The van der Waals surface area contributed by atoms with Crippen molar-refractivity contribution in [3.63, 3.8) is 0 Å². The normalized spacial score (nSPS) is 14.7. The highest BCUT2D eigenvalue weighted by Gasteiger charge is 2.34. The number of carbonyl (C=O) groups excluding carboxylic acids is 1. The van der Waals surface area contributed by atoms with E-state index < -0.39 is 0 Å². The van der Waals surface area contributed by atoms with Gasteiger partial charge in [0, 0.05) is 21.7 Å². The van der Waals surface area contributed by atoms with Gasteiger partial charge in [0.15, 0.2) is 0 Å². The summed E-state index contributed by atoms with van der Waals surface area (Å²) in [5.41, 5.74) is 2.25. The lowest BCUT2D eigenvalue weighted by Gasteiger charge is -2.21. The lowest BCUT2D eigenvalue weighted by molar-refractivity contribution is -0.113. The summed E-state index contributed by atoms with van der Waals surface area (Å²) in [5, 5.41) is 0.952. The first-order valence-electron chi connectivity index (χ1n) is 9.39. The van der Waals surface area contributed by atoms with Gasteiger partial charge in [-0.15, -0.1) is 0 Å². The molecule has 0 saturated heterocycles. The van der Waals surface area contributed by atoms with Gasteiger partial charge in [-0.3, -0.25) is 9.69 Å². The number of nitrogens with zero attached hydrogens (tertiary/aromatic N) is 2. The second-order valence-electron chi connectivity index (χ2n) is 6.68. The zero-order valence-corrected chi connectivity index (χ0v) is 18.3. The summed E-state index contributed by atoms with van der Waals surface area (Å²) in [5.74, 6) is 1.30. The van der Waals surface area contributed by atoms with Gasteiger partial charge < -0.3 is 9.47 Å². The van der Waals surface area contributed by atoms with Crippen LogP contribution in [0, 0.1) is 0 Å². The van der Waals surface area contributed by atoms with Gasteiger partial charge in [0.05, 0.1) is 19.9 Å². The topological polar surface area (TPSA) is 51.1 Å². The smallest absolute Gasteiger partial charge is 0.282 e. The minimum Gasteiger partial charge on any atom is -0.497 e. The third kappa shape index (κ3) is 4.15. The molecule has 1 amide bonds. The molecule has 0 fully saturated rings. The van der Waals surface area contributed by atoms with Crippen molar-refractivity contribution in [2.45, 2.75) is 0 Å². The Balaban J connectivity index is 1.86. The Kier molecular flexibility index (Phi) is 5.98. The van der Waals surface area contributed by atoms with E-state index in [1.807, 2.05) is 30.3 Å². The predicted molar refractivity (Wildman–Crippen MR) is 124 cm³/mol. The molecule has 1 aliphatic heterocycles. The van der Waals surface area contributed by atoms with Crippen LogP contribution in [0.25, 0.3) is 6.08 Å². The van der Waals surface area contributed by atoms with E-state index in [9.17, 15) is 4.79 Å². The van der Waals surface area contributed by atoms with Crippen molar-refractivity contribution in [3.8, 4) is 11.5 Å². The molecule has 156 valence electrons. The Morgan fingerprint density at radius 2 is 1.71 bits per heavy atom. The van der Waals surface area contributed by atoms with Crippen LogP contribution in [0.4, 0.5) is 5.69 Å². The Hall–Kier alpha value is -3.28. The molecular weight excluding hydrogens is 435 g/mol. The summed E-state index contributed by atoms with van der Waals surface area (Å²) in [4.78, 5) is 19.7. The quantitative estimate of drug-likeness (QED) is 0.456. The van der Waals surface area contributed by atoms with Gasteiger partial charge in [-0.25, -0.2) is 4.99 Å². The number of rotatable bonds is 5. The van der Waals surface area contributed by atoms with Crippen molar-refractivity contribution < 1.29 is 14.3 Å². The van der Waals surface area contributed by atoms with Crippen molar-refractivity contribution in [2.24, 2.45) is 4.99 Å². The summed E-state index contributed by atoms with van der Waals surface area (Å²) in [6.45, 7) is 0.